The van der Waals surface area contributed by atoms with E-state index in [-0.39, 0.29) is 12.6 Å². The van der Waals surface area contributed by atoms with Gasteiger partial charge in [0.15, 0.2) is 11.6 Å². The summed E-state index contributed by atoms with van der Waals surface area (Å²) in [6.07, 6.45) is -1.35. The number of ketones is 2. The van der Waals surface area contributed by atoms with Gasteiger partial charge in [-0.3, -0.25) is 19.7 Å². The van der Waals surface area contributed by atoms with Gasteiger partial charge in [-0.2, -0.15) is 4.39 Å². The zero-order valence-corrected chi connectivity index (χ0v) is 13.3. The molecule has 0 saturated carbocycles. The maximum Gasteiger partial charge on any atom is 0.407 e. The van der Waals surface area contributed by atoms with E-state index >= 15 is 0 Å². The van der Waals surface area contributed by atoms with E-state index in [4.69, 9.17) is 5.11 Å². The molecule has 1 aliphatic heterocycles. The van der Waals surface area contributed by atoms with Gasteiger partial charge < -0.3 is 10.0 Å². The lowest BCUT2D eigenvalue weighted by molar-refractivity contribution is -0.387. The van der Waals surface area contributed by atoms with E-state index in [1.54, 1.807) is 0 Å². The highest BCUT2D eigenvalue weighted by molar-refractivity contribution is 6.13. The number of hydrogen-bond acceptors (Lipinski definition) is 5. The van der Waals surface area contributed by atoms with Gasteiger partial charge in [-0.15, -0.1) is 0 Å². The predicted octanol–water partition coefficient (Wildman–Crippen LogP) is 2.26. The molecule has 1 fully saturated rings. The summed E-state index contributed by atoms with van der Waals surface area (Å²) in [5, 5.41) is 19.7. The lowest BCUT2D eigenvalue weighted by Crippen LogP contribution is -2.55. The van der Waals surface area contributed by atoms with Crippen LogP contribution < -0.4 is 0 Å². The Morgan fingerprint density at radius 2 is 1.92 bits per heavy atom. The van der Waals surface area contributed by atoms with E-state index in [1.807, 2.05) is 0 Å². The van der Waals surface area contributed by atoms with Crippen molar-refractivity contribution in [2.24, 2.45) is 11.3 Å². The molecule has 1 aliphatic rings. The summed E-state index contributed by atoms with van der Waals surface area (Å²) in [4.78, 5) is 46.4. The molecule has 1 aromatic carbocycles. The van der Waals surface area contributed by atoms with Crippen LogP contribution in [0.5, 0.6) is 0 Å². The number of hydrogen-bond donors (Lipinski definition) is 1. The van der Waals surface area contributed by atoms with Crippen LogP contribution in [0.3, 0.4) is 0 Å². The first-order valence-electron chi connectivity index (χ1n) is 7.15. The number of carboxylic acid groups (broad SMARTS) is 1. The quantitative estimate of drug-likeness (QED) is 0.384. The molecule has 1 atom stereocenters. The van der Waals surface area contributed by atoms with Crippen LogP contribution in [0, 0.1) is 33.1 Å². The van der Waals surface area contributed by atoms with Crippen LogP contribution >= 0.6 is 0 Å². The fourth-order valence-corrected chi connectivity index (χ4v) is 2.80. The first-order valence-corrected chi connectivity index (χ1v) is 7.15. The fraction of sp³-hybridized carbons (Fsp3) is 0.400. The highest BCUT2D eigenvalue weighted by Gasteiger charge is 2.46. The van der Waals surface area contributed by atoms with Crippen LogP contribution in [0.25, 0.3) is 0 Å². The summed E-state index contributed by atoms with van der Waals surface area (Å²) in [7, 11) is 0. The van der Waals surface area contributed by atoms with Crippen molar-refractivity contribution in [1.29, 1.82) is 0 Å². The van der Waals surface area contributed by atoms with Gasteiger partial charge in [-0.1, -0.05) is 13.8 Å². The van der Waals surface area contributed by atoms with E-state index in [2.05, 4.69) is 0 Å². The molecule has 134 valence electrons. The standard InChI is InChI=1S/C15H14F2N2O6/c1-15(2)6-18(14(22)23)5-8(13(15)21)12(20)7-3-10(17)11(19(24)25)4-9(7)16/h3-4,8H,5-6H2,1-2H3,(H,22,23)/t8-/m1/s1. The summed E-state index contributed by atoms with van der Waals surface area (Å²) in [6, 6.07) is 0.617. The van der Waals surface area contributed by atoms with E-state index < -0.39 is 63.3 Å². The number of carbonyl (C=O) groups is 3. The van der Waals surface area contributed by atoms with Crippen LogP contribution in [0.1, 0.15) is 24.2 Å². The Morgan fingerprint density at radius 3 is 2.44 bits per heavy atom. The zero-order chi connectivity index (χ0) is 19.1. The van der Waals surface area contributed by atoms with Gasteiger partial charge in [0.25, 0.3) is 0 Å². The molecule has 0 aromatic heterocycles. The van der Waals surface area contributed by atoms with Gasteiger partial charge in [0.05, 0.1) is 22.5 Å². The average Bonchev–Trinajstić information content (AvgIpc) is 2.50. The van der Waals surface area contributed by atoms with Crippen LogP contribution in [-0.2, 0) is 4.79 Å². The fourth-order valence-electron chi connectivity index (χ4n) is 2.80. The maximum atomic E-state index is 14.0. The van der Waals surface area contributed by atoms with Gasteiger partial charge in [-0.25, -0.2) is 9.18 Å². The number of benzene rings is 1. The number of nitro benzene ring substituents is 1. The second-order valence-electron chi connectivity index (χ2n) is 6.37. The molecule has 1 saturated heterocycles. The van der Waals surface area contributed by atoms with Crippen LogP contribution in [0.2, 0.25) is 0 Å². The van der Waals surface area contributed by atoms with Crippen molar-refractivity contribution in [1.82, 2.24) is 4.90 Å². The Morgan fingerprint density at radius 1 is 1.32 bits per heavy atom. The van der Waals surface area contributed by atoms with E-state index in [1.165, 1.54) is 13.8 Å². The lowest BCUT2D eigenvalue weighted by atomic mass is 9.74. The molecule has 2 rings (SSSR count). The van der Waals surface area contributed by atoms with Crippen molar-refractivity contribution in [3.63, 3.8) is 0 Å². The molecule has 1 amide bonds. The van der Waals surface area contributed by atoms with Crippen molar-refractivity contribution < 1.29 is 33.2 Å². The number of halogens is 2. The minimum Gasteiger partial charge on any atom is -0.465 e. The molecule has 0 spiro atoms. The van der Waals surface area contributed by atoms with Gasteiger partial charge in [-0.05, 0) is 6.07 Å². The second kappa shape index (κ2) is 6.19. The summed E-state index contributed by atoms with van der Waals surface area (Å²) < 4.78 is 27.8. The van der Waals surface area contributed by atoms with Gasteiger partial charge in [0.2, 0.25) is 5.82 Å². The maximum absolute atomic E-state index is 14.0. The molecule has 1 N–H and O–H groups in total. The summed E-state index contributed by atoms with van der Waals surface area (Å²) in [6.45, 7) is 2.26. The molecule has 8 nitrogen and oxygen atoms in total. The molecular weight excluding hydrogens is 342 g/mol. The Balaban J connectivity index is 2.45. The molecule has 0 unspecified atom stereocenters. The zero-order valence-electron chi connectivity index (χ0n) is 13.3. The summed E-state index contributed by atoms with van der Waals surface area (Å²) in [5.74, 6) is -6.01. The van der Waals surface area contributed by atoms with E-state index in [9.17, 15) is 33.3 Å². The van der Waals surface area contributed by atoms with Crippen molar-refractivity contribution >= 4 is 23.3 Å². The number of rotatable bonds is 3. The molecule has 0 aliphatic carbocycles. The molecule has 10 heteroatoms. The Labute approximate surface area is 140 Å². The first-order chi connectivity index (χ1) is 11.5. The van der Waals surface area contributed by atoms with Crippen molar-refractivity contribution in [3.05, 3.63) is 39.4 Å². The largest absolute Gasteiger partial charge is 0.465 e. The third-order valence-corrected chi connectivity index (χ3v) is 4.06. The molecule has 1 aromatic rings. The third kappa shape index (κ3) is 3.32. The average molecular weight is 356 g/mol. The summed E-state index contributed by atoms with van der Waals surface area (Å²) in [5.41, 5.74) is -3.16. The van der Waals surface area contributed by atoms with Crippen molar-refractivity contribution in [2.75, 3.05) is 13.1 Å². The van der Waals surface area contributed by atoms with Crippen molar-refractivity contribution in [3.8, 4) is 0 Å². The molecule has 25 heavy (non-hydrogen) atoms. The topological polar surface area (TPSA) is 118 Å². The smallest absolute Gasteiger partial charge is 0.407 e. The van der Waals surface area contributed by atoms with Crippen molar-refractivity contribution in [2.45, 2.75) is 13.8 Å². The monoisotopic (exact) mass is 356 g/mol. The number of carbonyl (C=O) groups excluding carboxylic acids is 2. The minimum atomic E-state index is -1.52. The van der Waals surface area contributed by atoms with Gasteiger partial charge >= 0.3 is 11.8 Å². The third-order valence-electron chi connectivity index (χ3n) is 4.06. The van der Waals surface area contributed by atoms with Gasteiger partial charge in [0.1, 0.15) is 5.82 Å². The summed E-state index contributed by atoms with van der Waals surface area (Å²) >= 11 is 0. The second-order valence-corrected chi connectivity index (χ2v) is 6.37. The molecule has 0 bridgehead atoms. The van der Waals surface area contributed by atoms with Crippen LogP contribution in [0.4, 0.5) is 19.3 Å². The minimum absolute atomic E-state index is 0.137. The Hall–Kier alpha value is -2.91. The van der Waals surface area contributed by atoms with Gasteiger partial charge in [0, 0.05) is 18.5 Å². The SMILES string of the molecule is CC1(C)CN(C(=O)O)C[C@H](C(=O)c2cc(F)c([N+](=O)[O-])cc2F)C1=O. The predicted molar refractivity (Wildman–Crippen MR) is 79.2 cm³/mol. The first kappa shape index (κ1) is 18.4. The lowest BCUT2D eigenvalue weighted by Gasteiger charge is -2.39. The number of amides is 1. The number of Topliss-reactive ketones (excluding diaryl/α,β-unsaturated/α-hetero) is 2. The normalized spacial score (nSPS) is 19.6. The van der Waals surface area contributed by atoms with Crippen LogP contribution in [-0.4, -0.2) is 45.7 Å². The highest BCUT2D eigenvalue weighted by atomic mass is 19.1. The number of nitrogens with zero attached hydrogens (tertiary/aromatic N) is 2. The number of nitro groups is 1. The number of likely N-dealkylation sites (tertiary alicyclic amines) is 1. The van der Waals surface area contributed by atoms with Crippen LogP contribution in [0.15, 0.2) is 12.1 Å². The van der Waals surface area contributed by atoms with E-state index in [0.717, 1.165) is 4.90 Å². The Bertz CT molecular complexity index is 792. The molecule has 1 heterocycles. The Kier molecular flexibility index (Phi) is 4.56. The van der Waals surface area contributed by atoms with E-state index in [0.29, 0.717) is 6.07 Å². The molecular formula is C15H14F2N2O6. The number of piperidine rings is 1. The molecule has 0 radical (unpaired) electrons. The highest BCUT2D eigenvalue weighted by Crippen LogP contribution is 2.32.